The summed E-state index contributed by atoms with van der Waals surface area (Å²) in [6.45, 7) is 3.81. The first-order valence-corrected chi connectivity index (χ1v) is 9.13. The molecule has 1 unspecified atom stereocenters. The van der Waals surface area contributed by atoms with Crippen LogP contribution in [0.2, 0.25) is 0 Å². The highest BCUT2D eigenvalue weighted by molar-refractivity contribution is 9.10. The molecule has 1 saturated carbocycles. The first-order valence-electron chi connectivity index (χ1n) is 8.34. The van der Waals surface area contributed by atoms with Gasteiger partial charge in [-0.25, -0.2) is 0 Å². The number of amides is 1. The fraction of sp³-hybridized carbons (Fsp3) is 0.611. The summed E-state index contributed by atoms with van der Waals surface area (Å²) >= 11 is 3.48. The molecule has 0 aromatic heterocycles. The van der Waals surface area contributed by atoms with Crippen LogP contribution in [0.15, 0.2) is 28.7 Å². The first kappa shape index (κ1) is 18.8. The van der Waals surface area contributed by atoms with Crippen LogP contribution in [0.1, 0.15) is 44.6 Å². The summed E-state index contributed by atoms with van der Waals surface area (Å²) in [7, 11) is 0. The van der Waals surface area contributed by atoms with Crippen molar-refractivity contribution >= 4 is 34.2 Å². The number of nitrogens with zero attached hydrogens (tertiary/aromatic N) is 1. The molecule has 0 spiro atoms. The van der Waals surface area contributed by atoms with Crippen LogP contribution in [0.5, 0.6) is 0 Å². The molecular formula is C18H26BrClN2O. The Morgan fingerprint density at radius 3 is 2.26 bits per heavy atom. The van der Waals surface area contributed by atoms with Gasteiger partial charge in [0.25, 0.3) is 0 Å². The standard InChI is InChI=1S/C18H25BrN2O.ClH/c1-13(20)14-7-11-21(12-8-14)17(22)18(9-2-10-18)15-3-5-16(19)6-4-15;/h3-6,13-14H,2,7-12,20H2,1H3;1H. The summed E-state index contributed by atoms with van der Waals surface area (Å²) in [6.07, 6.45) is 5.21. The average Bonchev–Trinajstić information content (AvgIpc) is 2.48. The molecule has 5 heteroatoms. The van der Waals surface area contributed by atoms with E-state index in [2.05, 4.69) is 39.9 Å². The third kappa shape index (κ3) is 3.59. The number of hydrogen-bond donors (Lipinski definition) is 1. The summed E-state index contributed by atoms with van der Waals surface area (Å²) in [6, 6.07) is 8.54. The maximum atomic E-state index is 13.1. The molecule has 3 nitrogen and oxygen atoms in total. The lowest BCUT2D eigenvalue weighted by Gasteiger charge is -2.46. The molecule has 128 valence electrons. The Bertz CT molecular complexity index is 534. The Hall–Kier alpha value is -0.580. The third-order valence-corrected chi connectivity index (χ3v) is 6.11. The zero-order chi connectivity index (χ0) is 15.7. The van der Waals surface area contributed by atoms with Crippen molar-refractivity contribution in [3.05, 3.63) is 34.3 Å². The van der Waals surface area contributed by atoms with Crippen LogP contribution in [-0.2, 0) is 10.2 Å². The summed E-state index contributed by atoms with van der Waals surface area (Å²) in [5, 5.41) is 0. The third-order valence-electron chi connectivity index (χ3n) is 5.58. The van der Waals surface area contributed by atoms with Gasteiger partial charge in [0.05, 0.1) is 5.41 Å². The highest BCUT2D eigenvalue weighted by Crippen LogP contribution is 2.46. The van der Waals surface area contributed by atoms with E-state index in [4.69, 9.17) is 5.73 Å². The Morgan fingerprint density at radius 2 is 1.83 bits per heavy atom. The lowest BCUT2D eigenvalue weighted by Crippen LogP contribution is -2.53. The van der Waals surface area contributed by atoms with Gasteiger partial charge in [-0.3, -0.25) is 4.79 Å². The molecule has 1 amide bonds. The minimum Gasteiger partial charge on any atom is -0.342 e. The Balaban J connectivity index is 0.00000192. The highest BCUT2D eigenvalue weighted by atomic mass is 79.9. The van der Waals surface area contributed by atoms with Gasteiger partial charge in [-0.15, -0.1) is 12.4 Å². The van der Waals surface area contributed by atoms with E-state index in [1.54, 1.807) is 0 Å². The smallest absolute Gasteiger partial charge is 0.233 e. The van der Waals surface area contributed by atoms with Gasteiger partial charge in [-0.05, 0) is 56.2 Å². The lowest BCUT2D eigenvalue weighted by atomic mass is 9.63. The minimum absolute atomic E-state index is 0. The molecule has 1 heterocycles. The second-order valence-corrected chi connectivity index (χ2v) is 7.85. The van der Waals surface area contributed by atoms with Crippen molar-refractivity contribution in [3.63, 3.8) is 0 Å². The minimum atomic E-state index is -0.262. The highest BCUT2D eigenvalue weighted by Gasteiger charge is 2.48. The molecule has 1 aliphatic carbocycles. The predicted octanol–water partition coefficient (Wildman–Crippen LogP) is 3.88. The molecule has 0 bridgehead atoms. The number of carbonyl (C=O) groups excluding carboxylic acids is 1. The maximum absolute atomic E-state index is 13.1. The predicted molar refractivity (Wildman–Crippen MR) is 99.9 cm³/mol. The summed E-state index contributed by atoms with van der Waals surface area (Å²) in [5.74, 6) is 0.901. The van der Waals surface area contributed by atoms with Crippen molar-refractivity contribution in [1.82, 2.24) is 4.90 Å². The van der Waals surface area contributed by atoms with Crippen LogP contribution in [-0.4, -0.2) is 29.9 Å². The van der Waals surface area contributed by atoms with Crippen LogP contribution in [0.25, 0.3) is 0 Å². The van der Waals surface area contributed by atoms with E-state index in [0.717, 1.165) is 49.7 Å². The van der Waals surface area contributed by atoms with Gasteiger partial charge in [-0.1, -0.05) is 34.5 Å². The second kappa shape index (κ2) is 7.54. The number of likely N-dealkylation sites (tertiary alicyclic amines) is 1. The van der Waals surface area contributed by atoms with E-state index in [1.165, 1.54) is 5.56 Å². The van der Waals surface area contributed by atoms with Crippen LogP contribution in [0.4, 0.5) is 0 Å². The van der Waals surface area contributed by atoms with E-state index in [1.807, 2.05) is 12.1 Å². The SMILES string of the molecule is CC(N)C1CCN(C(=O)C2(c3ccc(Br)cc3)CCC2)CC1.Cl. The van der Waals surface area contributed by atoms with Gasteiger partial charge in [-0.2, -0.15) is 0 Å². The van der Waals surface area contributed by atoms with Crippen LogP contribution < -0.4 is 5.73 Å². The van der Waals surface area contributed by atoms with Crippen molar-refractivity contribution in [3.8, 4) is 0 Å². The van der Waals surface area contributed by atoms with Gasteiger partial charge in [0, 0.05) is 23.6 Å². The summed E-state index contributed by atoms with van der Waals surface area (Å²) in [4.78, 5) is 15.2. The molecule has 1 saturated heterocycles. The molecule has 0 radical (unpaired) electrons. The fourth-order valence-corrected chi connectivity index (χ4v) is 4.12. The van der Waals surface area contributed by atoms with Gasteiger partial charge in [0.15, 0.2) is 0 Å². The summed E-state index contributed by atoms with van der Waals surface area (Å²) < 4.78 is 1.07. The molecule has 2 aliphatic rings. The number of piperidine rings is 1. The van der Waals surface area contributed by atoms with Gasteiger partial charge >= 0.3 is 0 Å². The number of rotatable bonds is 3. The molecular weight excluding hydrogens is 376 g/mol. The van der Waals surface area contributed by atoms with Gasteiger partial charge in [0.2, 0.25) is 5.91 Å². The summed E-state index contributed by atoms with van der Waals surface area (Å²) in [5.41, 5.74) is 6.93. The largest absolute Gasteiger partial charge is 0.342 e. The van der Waals surface area contributed by atoms with Crippen molar-refractivity contribution < 1.29 is 4.79 Å². The molecule has 1 aromatic carbocycles. The van der Waals surface area contributed by atoms with Crippen molar-refractivity contribution in [1.29, 1.82) is 0 Å². The first-order chi connectivity index (χ1) is 10.5. The Labute approximate surface area is 153 Å². The second-order valence-electron chi connectivity index (χ2n) is 6.93. The molecule has 2 N–H and O–H groups in total. The van der Waals surface area contributed by atoms with Crippen molar-refractivity contribution in [2.75, 3.05) is 13.1 Å². The molecule has 1 aromatic rings. The number of hydrogen-bond acceptors (Lipinski definition) is 2. The Morgan fingerprint density at radius 1 is 1.26 bits per heavy atom. The van der Waals surface area contributed by atoms with Crippen LogP contribution in [0, 0.1) is 5.92 Å². The number of nitrogens with two attached hydrogens (primary N) is 1. The van der Waals surface area contributed by atoms with Crippen molar-refractivity contribution in [2.45, 2.75) is 50.5 Å². The zero-order valence-corrected chi connectivity index (χ0v) is 16.0. The molecule has 23 heavy (non-hydrogen) atoms. The zero-order valence-electron chi connectivity index (χ0n) is 13.6. The normalized spacial score (nSPS) is 22.0. The van der Waals surface area contributed by atoms with E-state index in [0.29, 0.717) is 11.8 Å². The monoisotopic (exact) mass is 400 g/mol. The quantitative estimate of drug-likeness (QED) is 0.835. The van der Waals surface area contributed by atoms with Gasteiger partial charge in [0.1, 0.15) is 0 Å². The topological polar surface area (TPSA) is 46.3 Å². The molecule has 2 fully saturated rings. The number of carbonyl (C=O) groups is 1. The van der Waals surface area contributed by atoms with Crippen LogP contribution >= 0.6 is 28.3 Å². The number of halogens is 2. The lowest BCUT2D eigenvalue weighted by molar-refractivity contribution is -0.142. The van der Waals surface area contributed by atoms with E-state index in [-0.39, 0.29) is 23.9 Å². The van der Waals surface area contributed by atoms with E-state index >= 15 is 0 Å². The number of benzene rings is 1. The molecule has 3 rings (SSSR count). The average molecular weight is 402 g/mol. The van der Waals surface area contributed by atoms with Gasteiger partial charge < -0.3 is 10.6 Å². The fourth-order valence-electron chi connectivity index (χ4n) is 3.86. The molecule has 1 atom stereocenters. The maximum Gasteiger partial charge on any atom is 0.233 e. The van der Waals surface area contributed by atoms with E-state index < -0.39 is 0 Å². The van der Waals surface area contributed by atoms with Crippen LogP contribution in [0.3, 0.4) is 0 Å². The van der Waals surface area contributed by atoms with E-state index in [9.17, 15) is 4.79 Å². The molecule has 1 aliphatic heterocycles. The van der Waals surface area contributed by atoms with Crippen molar-refractivity contribution in [2.24, 2.45) is 11.7 Å². The Kier molecular flexibility index (Phi) is 6.15.